The van der Waals surface area contributed by atoms with E-state index >= 15 is 0 Å². The normalized spacial score (nSPS) is 32.5. The summed E-state index contributed by atoms with van der Waals surface area (Å²) in [5.74, 6) is 1.33. The molecule has 0 aromatic rings. The van der Waals surface area contributed by atoms with Crippen LogP contribution in [0.15, 0.2) is 0 Å². The Bertz CT molecular complexity index is 438. The SMILES string of the molecule is CCS(=O)(=O)C1CSCCN1C(=O)C1CCC(N)C1. The van der Waals surface area contributed by atoms with E-state index in [9.17, 15) is 13.2 Å². The van der Waals surface area contributed by atoms with Crippen molar-refractivity contribution in [2.75, 3.05) is 23.8 Å². The van der Waals surface area contributed by atoms with E-state index in [4.69, 9.17) is 5.73 Å². The molecule has 0 spiro atoms. The van der Waals surface area contributed by atoms with Gasteiger partial charge in [-0.1, -0.05) is 6.92 Å². The summed E-state index contributed by atoms with van der Waals surface area (Å²) < 4.78 is 24.2. The third-order valence-electron chi connectivity index (χ3n) is 4.01. The Balaban J connectivity index is 2.13. The number of rotatable bonds is 3. The number of hydrogen-bond acceptors (Lipinski definition) is 5. The number of sulfone groups is 1. The minimum Gasteiger partial charge on any atom is -0.328 e. The molecule has 0 aromatic heterocycles. The molecule has 19 heavy (non-hydrogen) atoms. The van der Waals surface area contributed by atoms with Gasteiger partial charge in [-0.2, -0.15) is 11.8 Å². The van der Waals surface area contributed by atoms with Crippen LogP contribution in [0.4, 0.5) is 0 Å². The molecule has 1 saturated heterocycles. The number of nitrogens with zero attached hydrogens (tertiary/aromatic N) is 1. The maximum atomic E-state index is 12.5. The average molecular weight is 306 g/mol. The molecule has 7 heteroatoms. The largest absolute Gasteiger partial charge is 0.328 e. The predicted molar refractivity (Wildman–Crippen MR) is 77.6 cm³/mol. The molecule has 0 aromatic carbocycles. The van der Waals surface area contributed by atoms with Crippen LogP contribution in [0.5, 0.6) is 0 Å². The van der Waals surface area contributed by atoms with Crippen molar-refractivity contribution in [3.8, 4) is 0 Å². The molecule has 3 atom stereocenters. The fraction of sp³-hybridized carbons (Fsp3) is 0.917. The fourth-order valence-corrected chi connectivity index (χ4v) is 5.77. The Kier molecular flexibility index (Phi) is 4.79. The second-order valence-corrected chi connectivity index (χ2v) is 8.88. The zero-order valence-electron chi connectivity index (χ0n) is 11.2. The number of nitrogens with two attached hydrogens (primary N) is 1. The van der Waals surface area contributed by atoms with Crippen LogP contribution in [0.3, 0.4) is 0 Å². The summed E-state index contributed by atoms with van der Waals surface area (Å²) >= 11 is 1.61. The van der Waals surface area contributed by atoms with Gasteiger partial charge >= 0.3 is 0 Å². The molecule has 2 N–H and O–H groups in total. The average Bonchev–Trinajstić information content (AvgIpc) is 2.84. The van der Waals surface area contributed by atoms with E-state index in [0.717, 1.165) is 18.6 Å². The number of hydrogen-bond donors (Lipinski definition) is 1. The van der Waals surface area contributed by atoms with Crippen LogP contribution >= 0.6 is 11.8 Å². The Morgan fingerprint density at radius 3 is 2.74 bits per heavy atom. The summed E-state index contributed by atoms with van der Waals surface area (Å²) in [6.07, 6.45) is 2.36. The number of carbonyl (C=O) groups is 1. The van der Waals surface area contributed by atoms with Crippen LogP contribution in [-0.2, 0) is 14.6 Å². The van der Waals surface area contributed by atoms with E-state index in [0.29, 0.717) is 18.7 Å². The molecule has 1 amide bonds. The first-order chi connectivity index (χ1) is 8.95. The highest BCUT2D eigenvalue weighted by Gasteiger charge is 2.39. The molecule has 1 aliphatic heterocycles. The Morgan fingerprint density at radius 1 is 1.42 bits per heavy atom. The van der Waals surface area contributed by atoms with Crippen LogP contribution in [0.25, 0.3) is 0 Å². The van der Waals surface area contributed by atoms with E-state index in [1.54, 1.807) is 23.6 Å². The molecule has 5 nitrogen and oxygen atoms in total. The van der Waals surface area contributed by atoms with E-state index in [-0.39, 0.29) is 23.6 Å². The predicted octanol–water partition coefficient (Wildman–Crippen LogP) is 0.450. The van der Waals surface area contributed by atoms with E-state index in [1.807, 2.05) is 0 Å². The van der Waals surface area contributed by atoms with Gasteiger partial charge in [0.1, 0.15) is 5.37 Å². The maximum Gasteiger partial charge on any atom is 0.226 e. The summed E-state index contributed by atoms with van der Waals surface area (Å²) in [5, 5.41) is -0.638. The lowest BCUT2D eigenvalue weighted by molar-refractivity contribution is -0.135. The van der Waals surface area contributed by atoms with E-state index in [1.165, 1.54) is 0 Å². The summed E-state index contributed by atoms with van der Waals surface area (Å²) in [5.41, 5.74) is 5.85. The Hall–Kier alpha value is -0.270. The molecular formula is C12H22N2O3S2. The molecule has 0 radical (unpaired) electrons. The summed E-state index contributed by atoms with van der Waals surface area (Å²) in [6.45, 7) is 2.18. The zero-order valence-corrected chi connectivity index (χ0v) is 12.9. The monoisotopic (exact) mass is 306 g/mol. The van der Waals surface area contributed by atoms with Crippen LogP contribution < -0.4 is 5.73 Å². The van der Waals surface area contributed by atoms with Gasteiger partial charge in [0.05, 0.1) is 0 Å². The lowest BCUT2D eigenvalue weighted by Gasteiger charge is -2.36. The van der Waals surface area contributed by atoms with Gasteiger partial charge in [0.15, 0.2) is 9.84 Å². The van der Waals surface area contributed by atoms with Gasteiger partial charge in [-0.15, -0.1) is 0 Å². The first-order valence-electron chi connectivity index (χ1n) is 6.81. The standard InChI is InChI=1S/C12H22N2O3S2/c1-2-19(16,17)11-8-18-6-5-14(11)12(15)9-3-4-10(13)7-9/h9-11H,2-8,13H2,1H3. The van der Waals surface area contributed by atoms with Gasteiger partial charge in [0.2, 0.25) is 5.91 Å². The second kappa shape index (κ2) is 6.01. The van der Waals surface area contributed by atoms with Crippen molar-refractivity contribution in [3.05, 3.63) is 0 Å². The lowest BCUT2D eigenvalue weighted by atomic mass is 10.1. The topological polar surface area (TPSA) is 80.5 Å². The highest BCUT2D eigenvalue weighted by atomic mass is 32.2. The molecular weight excluding hydrogens is 284 g/mol. The van der Waals surface area contributed by atoms with Gasteiger partial charge in [-0.3, -0.25) is 4.79 Å². The van der Waals surface area contributed by atoms with Crippen LogP contribution in [0.2, 0.25) is 0 Å². The third-order valence-corrected chi connectivity index (χ3v) is 7.30. The summed E-state index contributed by atoms with van der Waals surface area (Å²) in [6, 6.07) is 0.0920. The first-order valence-corrected chi connectivity index (χ1v) is 9.68. The van der Waals surface area contributed by atoms with E-state index in [2.05, 4.69) is 0 Å². The lowest BCUT2D eigenvalue weighted by Crippen LogP contribution is -2.52. The second-order valence-electron chi connectivity index (χ2n) is 5.28. The van der Waals surface area contributed by atoms with Gasteiger partial charge in [-0.25, -0.2) is 8.42 Å². The van der Waals surface area contributed by atoms with Gasteiger partial charge < -0.3 is 10.6 Å². The van der Waals surface area contributed by atoms with Crippen molar-refractivity contribution < 1.29 is 13.2 Å². The Labute approximate surface area is 119 Å². The molecule has 2 aliphatic rings. The van der Waals surface area contributed by atoms with E-state index < -0.39 is 15.2 Å². The Morgan fingerprint density at radius 2 is 2.16 bits per heavy atom. The van der Waals surface area contributed by atoms with Gasteiger partial charge in [-0.05, 0) is 19.3 Å². The van der Waals surface area contributed by atoms with Crippen molar-refractivity contribution in [2.24, 2.45) is 11.7 Å². The highest BCUT2D eigenvalue weighted by molar-refractivity contribution is 8.01. The van der Waals surface area contributed by atoms with Crippen molar-refractivity contribution in [2.45, 2.75) is 37.6 Å². The van der Waals surface area contributed by atoms with Crippen LogP contribution in [0, 0.1) is 5.92 Å². The quantitative estimate of drug-likeness (QED) is 0.819. The molecule has 1 saturated carbocycles. The summed E-state index contributed by atoms with van der Waals surface area (Å²) in [4.78, 5) is 14.1. The minimum absolute atomic E-state index is 0.00437. The smallest absolute Gasteiger partial charge is 0.226 e. The van der Waals surface area contributed by atoms with Crippen molar-refractivity contribution in [1.29, 1.82) is 0 Å². The summed E-state index contributed by atoms with van der Waals surface area (Å²) in [7, 11) is -3.21. The van der Waals surface area contributed by atoms with Crippen LogP contribution in [-0.4, -0.2) is 54.4 Å². The molecule has 110 valence electrons. The molecule has 0 bridgehead atoms. The van der Waals surface area contributed by atoms with Crippen molar-refractivity contribution in [3.63, 3.8) is 0 Å². The number of carbonyl (C=O) groups excluding carboxylic acids is 1. The maximum absolute atomic E-state index is 12.5. The zero-order chi connectivity index (χ0) is 14.0. The van der Waals surface area contributed by atoms with Crippen molar-refractivity contribution in [1.82, 2.24) is 4.90 Å². The molecule has 1 aliphatic carbocycles. The fourth-order valence-electron chi connectivity index (χ4n) is 2.80. The van der Waals surface area contributed by atoms with Gasteiger partial charge in [0, 0.05) is 35.8 Å². The minimum atomic E-state index is -3.21. The van der Waals surface area contributed by atoms with Crippen molar-refractivity contribution >= 4 is 27.5 Å². The molecule has 2 rings (SSSR count). The first kappa shape index (κ1) is 15.1. The third kappa shape index (κ3) is 3.25. The van der Waals surface area contributed by atoms with Crippen LogP contribution in [0.1, 0.15) is 26.2 Å². The highest BCUT2D eigenvalue weighted by Crippen LogP contribution is 2.30. The molecule has 2 fully saturated rings. The molecule has 3 unspecified atom stereocenters. The van der Waals surface area contributed by atoms with Gasteiger partial charge in [0.25, 0.3) is 0 Å². The number of thioether (sulfide) groups is 1. The number of amides is 1. The molecule has 1 heterocycles.